The fourth-order valence-electron chi connectivity index (χ4n) is 2.18. The first-order valence-corrected chi connectivity index (χ1v) is 6.24. The highest BCUT2D eigenvalue weighted by Gasteiger charge is 2.16. The molecule has 0 saturated carbocycles. The largest absolute Gasteiger partial charge is 0.465 e. The van der Waals surface area contributed by atoms with Crippen LogP contribution < -0.4 is 5.32 Å². The first-order valence-electron chi connectivity index (χ1n) is 6.24. The average molecular weight is 249 g/mol. The molecule has 1 heterocycles. The van der Waals surface area contributed by atoms with Gasteiger partial charge in [0.05, 0.1) is 12.7 Å². The summed E-state index contributed by atoms with van der Waals surface area (Å²) in [6.07, 6.45) is 2.00. The number of esters is 1. The minimum Gasteiger partial charge on any atom is -0.465 e. The van der Waals surface area contributed by atoms with Gasteiger partial charge in [-0.2, -0.15) is 0 Å². The van der Waals surface area contributed by atoms with E-state index in [2.05, 4.69) is 5.32 Å². The Balaban J connectivity index is 2.15. The minimum atomic E-state index is -0.289. The van der Waals surface area contributed by atoms with E-state index >= 15 is 0 Å². The molecule has 98 valence electrons. The highest BCUT2D eigenvalue weighted by Crippen LogP contribution is 2.22. The molecule has 18 heavy (non-hydrogen) atoms. The predicted octanol–water partition coefficient (Wildman–Crippen LogP) is 2.37. The maximum Gasteiger partial charge on any atom is 0.338 e. The fourth-order valence-corrected chi connectivity index (χ4v) is 2.18. The summed E-state index contributed by atoms with van der Waals surface area (Å²) in [6.45, 7) is 3.54. The maximum absolute atomic E-state index is 11.6. The van der Waals surface area contributed by atoms with Gasteiger partial charge >= 0.3 is 5.97 Å². The number of nitrogens with one attached hydrogen (secondary N) is 1. The number of benzene rings is 1. The summed E-state index contributed by atoms with van der Waals surface area (Å²) >= 11 is 0. The third kappa shape index (κ3) is 2.82. The van der Waals surface area contributed by atoms with Gasteiger partial charge in [-0.05, 0) is 37.5 Å². The quantitative estimate of drug-likeness (QED) is 0.835. The second kappa shape index (κ2) is 5.87. The highest BCUT2D eigenvalue weighted by molar-refractivity contribution is 5.92. The summed E-state index contributed by atoms with van der Waals surface area (Å²) in [5.74, 6) is -0.289. The van der Waals surface area contributed by atoms with Crippen LogP contribution in [0.2, 0.25) is 0 Å². The molecule has 0 unspecified atom stereocenters. The Labute approximate surface area is 107 Å². The Bertz CT molecular complexity index is 425. The lowest BCUT2D eigenvalue weighted by Crippen LogP contribution is -2.28. The van der Waals surface area contributed by atoms with Crippen LogP contribution in [0.4, 0.5) is 5.69 Å². The summed E-state index contributed by atoms with van der Waals surface area (Å²) in [5, 5.41) is 3.48. The SMILES string of the molecule is COC(=O)c1cccc(NC2CCOCC2)c1C. The van der Waals surface area contributed by atoms with E-state index in [1.54, 1.807) is 6.07 Å². The van der Waals surface area contributed by atoms with Gasteiger partial charge in [0.2, 0.25) is 0 Å². The van der Waals surface area contributed by atoms with Gasteiger partial charge in [-0.25, -0.2) is 4.79 Å². The van der Waals surface area contributed by atoms with Crippen molar-refractivity contribution in [1.29, 1.82) is 0 Å². The second-order valence-corrected chi connectivity index (χ2v) is 4.50. The van der Waals surface area contributed by atoms with Crippen molar-refractivity contribution < 1.29 is 14.3 Å². The Kier molecular flexibility index (Phi) is 4.20. The van der Waals surface area contributed by atoms with E-state index in [0.717, 1.165) is 37.3 Å². The van der Waals surface area contributed by atoms with Gasteiger partial charge in [-0.3, -0.25) is 0 Å². The van der Waals surface area contributed by atoms with Crippen molar-refractivity contribution in [3.05, 3.63) is 29.3 Å². The van der Waals surface area contributed by atoms with Crippen molar-refractivity contribution in [2.45, 2.75) is 25.8 Å². The first kappa shape index (κ1) is 12.9. The standard InChI is InChI=1S/C14H19NO3/c1-10-12(14(16)17-2)4-3-5-13(10)15-11-6-8-18-9-7-11/h3-5,11,15H,6-9H2,1-2H3. The molecule has 0 atom stereocenters. The molecular formula is C14H19NO3. The van der Waals surface area contributed by atoms with Gasteiger partial charge in [0.15, 0.2) is 0 Å². The molecule has 0 aromatic heterocycles. The normalized spacial score (nSPS) is 16.3. The van der Waals surface area contributed by atoms with E-state index in [4.69, 9.17) is 9.47 Å². The molecule has 2 rings (SSSR count). The molecule has 0 amide bonds. The van der Waals surface area contributed by atoms with E-state index in [1.807, 2.05) is 19.1 Å². The van der Waals surface area contributed by atoms with Crippen LogP contribution in [0.1, 0.15) is 28.8 Å². The van der Waals surface area contributed by atoms with Gasteiger partial charge in [-0.15, -0.1) is 0 Å². The minimum absolute atomic E-state index is 0.289. The first-order chi connectivity index (χ1) is 8.72. The molecule has 4 heteroatoms. The van der Waals surface area contributed by atoms with Gasteiger partial charge in [-0.1, -0.05) is 6.07 Å². The van der Waals surface area contributed by atoms with Crippen molar-refractivity contribution in [2.75, 3.05) is 25.6 Å². The van der Waals surface area contributed by atoms with Gasteiger partial charge in [0.25, 0.3) is 0 Å². The van der Waals surface area contributed by atoms with Crippen molar-refractivity contribution in [3.63, 3.8) is 0 Å². The molecule has 1 aromatic rings. The zero-order valence-corrected chi connectivity index (χ0v) is 10.9. The molecule has 1 N–H and O–H groups in total. The van der Waals surface area contributed by atoms with E-state index in [0.29, 0.717) is 11.6 Å². The zero-order valence-electron chi connectivity index (χ0n) is 10.9. The van der Waals surface area contributed by atoms with Crippen LogP contribution in [0, 0.1) is 6.92 Å². The summed E-state index contributed by atoms with van der Waals surface area (Å²) in [5.41, 5.74) is 2.57. The molecular weight excluding hydrogens is 230 g/mol. The topological polar surface area (TPSA) is 47.6 Å². The van der Waals surface area contributed by atoms with Crippen LogP contribution in [0.15, 0.2) is 18.2 Å². The van der Waals surface area contributed by atoms with Crippen LogP contribution in [0.5, 0.6) is 0 Å². The lowest BCUT2D eigenvalue weighted by Gasteiger charge is -2.25. The van der Waals surface area contributed by atoms with Crippen LogP contribution in [-0.2, 0) is 9.47 Å². The van der Waals surface area contributed by atoms with E-state index in [-0.39, 0.29) is 5.97 Å². The number of carbonyl (C=O) groups is 1. The summed E-state index contributed by atoms with van der Waals surface area (Å²) in [4.78, 5) is 11.6. The Hall–Kier alpha value is -1.55. The maximum atomic E-state index is 11.6. The van der Waals surface area contributed by atoms with Crippen molar-refractivity contribution in [2.24, 2.45) is 0 Å². The van der Waals surface area contributed by atoms with Crippen LogP contribution >= 0.6 is 0 Å². The average Bonchev–Trinajstić information content (AvgIpc) is 2.41. The van der Waals surface area contributed by atoms with Crippen LogP contribution in [0.3, 0.4) is 0 Å². The zero-order chi connectivity index (χ0) is 13.0. The number of hydrogen-bond acceptors (Lipinski definition) is 4. The number of anilines is 1. The smallest absolute Gasteiger partial charge is 0.338 e. The van der Waals surface area contributed by atoms with Crippen molar-refractivity contribution in [1.82, 2.24) is 0 Å². The second-order valence-electron chi connectivity index (χ2n) is 4.50. The molecule has 4 nitrogen and oxygen atoms in total. The van der Waals surface area contributed by atoms with Gasteiger partial charge in [0.1, 0.15) is 0 Å². The number of methoxy groups -OCH3 is 1. The predicted molar refractivity (Wildman–Crippen MR) is 70.0 cm³/mol. The molecule has 0 bridgehead atoms. The third-order valence-electron chi connectivity index (χ3n) is 3.32. The van der Waals surface area contributed by atoms with E-state index in [1.165, 1.54) is 7.11 Å². The molecule has 1 saturated heterocycles. The molecule has 1 aliphatic rings. The number of rotatable bonds is 3. The van der Waals surface area contributed by atoms with Crippen molar-refractivity contribution in [3.8, 4) is 0 Å². The van der Waals surface area contributed by atoms with Crippen LogP contribution in [0.25, 0.3) is 0 Å². The summed E-state index contributed by atoms with van der Waals surface area (Å²) < 4.78 is 10.1. The Morgan fingerprint density at radius 1 is 1.39 bits per heavy atom. The Morgan fingerprint density at radius 2 is 2.11 bits per heavy atom. The lowest BCUT2D eigenvalue weighted by atomic mass is 10.0. The number of hydrogen-bond donors (Lipinski definition) is 1. The highest BCUT2D eigenvalue weighted by atomic mass is 16.5. The molecule has 0 spiro atoms. The third-order valence-corrected chi connectivity index (χ3v) is 3.32. The van der Waals surface area contributed by atoms with E-state index in [9.17, 15) is 4.79 Å². The lowest BCUT2D eigenvalue weighted by molar-refractivity contribution is 0.0600. The van der Waals surface area contributed by atoms with Crippen molar-refractivity contribution >= 4 is 11.7 Å². The molecule has 1 aliphatic heterocycles. The summed E-state index contributed by atoms with van der Waals surface area (Å²) in [6, 6.07) is 6.08. The van der Waals surface area contributed by atoms with Gasteiger partial charge in [0, 0.05) is 24.9 Å². The molecule has 1 fully saturated rings. The number of carbonyl (C=O) groups excluding carboxylic acids is 1. The molecule has 0 aliphatic carbocycles. The molecule has 1 aromatic carbocycles. The van der Waals surface area contributed by atoms with E-state index < -0.39 is 0 Å². The molecule has 0 radical (unpaired) electrons. The van der Waals surface area contributed by atoms with Crippen LogP contribution in [-0.4, -0.2) is 32.3 Å². The Morgan fingerprint density at radius 3 is 2.78 bits per heavy atom. The number of ether oxygens (including phenoxy) is 2. The van der Waals surface area contributed by atoms with Gasteiger partial charge < -0.3 is 14.8 Å². The summed E-state index contributed by atoms with van der Waals surface area (Å²) in [7, 11) is 1.40. The fraction of sp³-hybridized carbons (Fsp3) is 0.500. The monoisotopic (exact) mass is 249 g/mol.